The molecule has 1 heterocycles. The summed E-state index contributed by atoms with van der Waals surface area (Å²) in [5.41, 5.74) is 0.219. The fraction of sp³-hybridized carbons (Fsp3) is 0.192. The Kier molecular flexibility index (Phi) is 8.32. The molecule has 7 nitrogen and oxygen atoms in total. The number of halogens is 4. The van der Waals surface area contributed by atoms with Crippen LogP contribution in [0.2, 0.25) is 0 Å². The lowest BCUT2D eigenvalue weighted by molar-refractivity contribution is -0.131. The number of benzene rings is 3. The Hall–Kier alpha value is -3.90. The number of carbonyl (C=O) groups excluding carboxylic acids is 3. The van der Waals surface area contributed by atoms with Crippen LogP contribution in [0.25, 0.3) is 0 Å². The van der Waals surface area contributed by atoms with Crippen LogP contribution < -0.4 is 16.0 Å². The molecular weight excluding hydrogens is 526 g/mol. The first kappa shape index (κ1) is 27.1. The molecule has 3 aromatic carbocycles. The summed E-state index contributed by atoms with van der Waals surface area (Å²) in [7, 11) is 0. The van der Waals surface area contributed by atoms with Gasteiger partial charge < -0.3 is 21.1 Å². The first-order valence-corrected chi connectivity index (χ1v) is 12.2. The zero-order valence-corrected chi connectivity index (χ0v) is 20.3. The molecule has 1 aliphatic rings. The van der Waals surface area contributed by atoms with Gasteiger partial charge in [0.15, 0.2) is 0 Å². The number of thioether (sulfide) groups is 1. The number of hydrogen-bond donors (Lipinski definition) is 4. The van der Waals surface area contributed by atoms with Gasteiger partial charge in [-0.2, -0.15) is 0 Å². The molecule has 0 saturated heterocycles. The van der Waals surface area contributed by atoms with Crippen LogP contribution in [0.15, 0.2) is 65.6 Å². The third kappa shape index (κ3) is 6.32. The normalized spacial score (nSPS) is 17.6. The lowest BCUT2D eigenvalue weighted by atomic mass is 10.0. The molecule has 0 bridgehead atoms. The maximum absolute atomic E-state index is 14.8. The van der Waals surface area contributed by atoms with Crippen LogP contribution in [0.4, 0.5) is 23.2 Å². The number of aliphatic hydroxyl groups is 1. The van der Waals surface area contributed by atoms with Gasteiger partial charge in [-0.05, 0) is 48.0 Å². The number of anilines is 1. The molecule has 0 spiro atoms. The highest BCUT2D eigenvalue weighted by atomic mass is 32.2. The standard InChI is InChI=1S/C26H21F4N3O4S/c27-14-5-6-18(30)17(11-14)24-23(26(37)32-19-3-1-2-4-21(19)38-24)33-25(36)20(12-34)31-22(35)9-13-7-15(28)10-16(29)8-13/h1-8,10-11,20,23-24,34H,9,12H2,(H,31,35)(H,32,37)(H,33,36)/t20-,23-,24-/m0/s1. The number of amides is 3. The minimum Gasteiger partial charge on any atom is -0.394 e. The second-order valence-corrected chi connectivity index (χ2v) is 9.62. The maximum atomic E-state index is 14.8. The highest BCUT2D eigenvalue weighted by Gasteiger charge is 2.38. The van der Waals surface area contributed by atoms with Gasteiger partial charge >= 0.3 is 0 Å². The van der Waals surface area contributed by atoms with Gasteiger partial charge in [0.05, 0.1) is 24.0 Å². The topological polar surface area (TPSA) is 108 Å². The number of nitrogens with one attached hydrogen (secondary N) is 3. The van der Waals surface area contributed by atoms with Crippen molar-refractivity contribution in [1.29, 1.82) is 0 Å². The van der Waals surface area contributed by atoms with Crippen molar-refractivity contribution in [3.8, 4) is 0 Å². The Morgan fingerprint density at radius 3 is 2.39 bits per heavy atom. The zero-order valence-electron chi connectivity index (χ0n) is 19.5. The first-order chi connectivity index (χ1) is 18.1. The number of aliphatic hydroxyl groups excluding tert-OH is 1. The summed E-state index contributed by atoms with van der Waals surface area (Å²) >= 11 is 1.02. The zero-order chi connectivity index (χ0) is 27.4. The number of fused-ring (bicyclic) bond motifs is 1. The Morgan fingerprint density at radius 1 is 0.974 bits per heavy atom. The van der Waals surface area contributed by atoms with E-state index in [9.17, 15) is 37.1 Å². The van der Waals surface area contributed by atoms with Crippen LogP contribution in [0.5, 0.6) is 0 Å². The van der Waals surface area contributed by atoms with E-state index in [0.29, 0.717) is 16.6 Å². The van der Waals surface area contributed by atoms with Crippen molar-refractivity contribution >= 4 is 35.2 Å². The summed E-state index contributed by atoms with van der Waals surface area (Å²) in [6.45, 7) is -0.879. The van der Waals surface area contributed by atoms with E-state index in [1.54, 1.807) is 24.3 Å². The molecule has 12 heteroatoms. The second-order valence-electron chi connectivity index (χ2n) is 8.43. The Labute approximate surface area is 218 Å². The molecule has 38 heavy (non-hydrogen) atoms. The molecule has 0 aromatic heterocycles. The van der Waals surface area contributed by atoms with Crippen molar-refractivity contribution in [2.75, 3.05) is 11.9 Å². The van der Waals surface area contributed by atoms with Crippen LogP contribution in [0.3, 0.4) is 0 Å². The summed E-state index contributed by atoms with van der Waals surface area (Å²) < 4.78 is 55.7. The maximum Gasteiger partial charge on any atom is 0.248 e. The van der Waals surface area contributed by atoms with Gasteiger partial charge in [-0.15, -0.1) is 11.8 Å². The molecule has 0 saturated carbocycles. The number of para-hydroxylation sites is 1. The van der Waals surface area contributed by atoms with Gasteiger partial charge in [-0.1, -0.05) is 12.1 Å². The summed E-state index contributed by atoms with van der Waals surface area (Å²) in [5.74, 6) is -5.88. The van der Waals surface area contributed by atoms with Crippen molar-refractivity contribution < 1.29 is 37.1 Å². The molecule has 3 atom stereocenters. The van der Waals surface area contributed by atoms with Gasteiger partial charge in [0, 0.05) is 16.5 Å². The van der Waals surface area contributed by atoms with Crippen molar-refractivity contribution in [3.63, 3.8) is 0 Å². The predicted octanol–water partition coefficient (Wildman–Crippen LogP) is 3.23. The van der Waals surface area contributed by atoms with Gasteiger partial charge in [0.2, 0.25) is 17.7 Å². The van der Waals surface area contributed by atoms with Crippen molar-refractivity contribution in [2.45, 2.75) is 28.6 Å². The highest BCUT2D eigenvalue weighted by molar-refractivity contribution is 7.99. The molecule has 3 aromatic rings. The predicted molar refractivity (Wildman–Crippen MR) is 131 cm³/mol. The van der Waals surface area contributed by atoms with E-state index < -0.39 is 71.4 Å². The molecular formula is C26H21F4N3O4S. The monoisotopic (exact) mass is 547 g/mol. The average Bonchev–Trinajstić information content (AvgIpc) is 2.99. The van der Waals surface area contributed by atoms with Crippen LogP contribution >= 0.6 is 11.8 Å². The highest BCUT2D eigenvalue weighted by Crippen LogP contribution is 2.44. The molecule has 3 amide bonds. The van der Waals surface area contributed by atoms with E-state index in [1.807, 2.05) is 0 Å². The van der Waals surface area contributed by atoms with E-state index in [1.165, 1.54) is 0 Å². The van der Waals surface area contributed by atoms with Crippen LogP contribution in [-0.4, -0.2) is 41.5 Å². The molecule has 198 valence electrons. The molecule has 1 aliphatic heterocycles. The lowest BCUT2D eigenvalue weighted by Crippen LogP contribution is -2.55. The Morgan fingerprint density at radius 2 is 1.68 bits per heavy atom. The van der Waals surface area contributed by atoms with Gasteiger partial charge in [-0.3, -0.25) is 14.4 Å². The van der Waals surface area contributed by atoms with Crippen molar-refractivity contribution in [2.24, 2.45) is 0 Å². The van der Waals surface area contributed by atoms with Crippen LogP contribution in [-0.2, 0) is 20.8 Å². The van der Waals surface area contributed by atoms with E-state index in [-0.39, 0.29) is 11.1 Å². The van der Waals surface area contributed by atoms with E-state index in [2.05, 4.69) is 16.0 Å². The molecule has 0 fully saturated rings. The molecule has 4 rings (SSSR count). The third-order valence-electron chi connectivity index (χ3n) is 5.67. The summed E-state index contributed by atoms with van der Waals surface area (Å²) in [6.07, 6.45) is -0.495. The van der Waals surface area contributed by atoms with E-state index in [0.717, 1.165) is 42.1 Å². The molecule has 0 aliphatic carbocycles. The first-order valence-electron chi connectivity index (χ1n) is 11.3. The fourth-order valence-corrected chi connectivity index (χ4v) is 5.25. The number of rotatable bonds is 7. The minimum atomic E-state index is -1.55. The van der Waals surface area contributed by atoms with Crippen LogP contribution in [0, 0.1) is 23.3 Å². The summed E-state index contributed by atoms with van der Waals surface area (Å²) in [6, 6.07) is 8.91. The number of carbonyl (C=O) groups is 3. The summed E-state index contributed by atoms with van der Waals surface area (Å²) in [4.78, 5) is 39.1. The van der Waals surface area contributed by atoms with Crippen LogP contribution in [0.1, 0.15) is 16.4 Å². The average molecular weight is 548 g/mol. The van der Waals surface area contributed by atoms with E-state index >= 15 is 0 Å². The third-order valence-corrected chi connectivity index (χ3v) is 7.06. The number of hydrogen-bond acceptors (Lipinski definition) is 5. The lowest BCUT2D eigenvalue weighted by Gasteiger charge is -2.27. The molecule has 4 N–H and O–H groups in total. The molecule has 0 unspecified atom stereocenters. The Balaban J connectivity index is 1.57. The SMILES string of the molecule is O=C(Cc1cc(F)cc(F)c1)N[C@@H](CO)C(=O)N[C@@H]1C(=O)Nc2ccccc2S[C@H]1c1cc(F)ccc1F. The Bertz CT molecular complexity index is 1370. The largest absolute Gasteiger partial charge is 0.394 e. The van der Waals surface area contributed by atoms with Gasteiger partial charge in [0.1, 0.15) is 35.4 Å². The van der Waals surface area contributed by atoms with Crippen molar-refractivity contribution in [1.82, 2.24) is 10.6 Å². The van der Waals surface area contributed by atoms with Gasteiger partial charge in [-0.25, -0.2) is 17.6 Å². The van der Waals surface area contributed by atoms with Crippen molar-refractivity contribution in [3.05, 3.63) is 95.1 Å². The fourth-order valence-electron chi connectivity index (χ4n) is 3.93. The van der Waals surface area contributed by atoms with Gasteiger partial charge in [0.25, 0.3) is 0 Å². The second kappa shape index (κ2) is 11.7. The quantitative estimate of drug-likeness (QED) is 0.340. The molecule has 0 radical (unpaired) electrons. The minimum absolute atomic E-state index is 0.00366. The summed E-state index contributed by atoms with van der Waals surface area (Å²) in [5, 5.41) is 15.9. The van der Waals surface area contributed by atoms with E-state index in [4.69, 9.17) is 0 Å². The smallest absolute Gasteiger partial charge is 0.248 e.